The van der Waals surface area contributed by atoms with Crippen molar-refractivity contribution in [2.24, 2.45) is 4.99 Å². The van der Waals surface area contributed by atoms with Gasteiger partial charge in [-0.3, -0.25) is 9.69 Å². The van der Waals surface area contributed by atoms with Gasteiger partial charge in [-0.1, -0.05) is 64.5 Å². The molecule has 0 fully saturated rings. The molecular formula is C22H14BrFN2O. The minimum atomic E-state index is -0.357. The van der Waals surface area contributed by atoms with E-state index in [9.17, 15) is 9.18 Å². The molecule has 27 heavy (non-hydrogen) atoms. The molecule has 0 bridgehead atoms. The highest BCUT2D eigenvalue weighted by atomic mass is 79.9. The molecule has 0 N–H and O–H groups in total. The maximum atomic E-state index is 13.4. The van der Waals surface area contributed by atoms with E-state index in [0.29, 0.717) is 17.2 Å². The normalized spacial score (nSPS) is 15.3. The Morgan fingerprint density at radius 3 is 2.26 bits per heavy atom. The van der Waals surface area contributed by atoms with E-state index < -0.39 is 0 Å². The molecule has 0 spiro atoms. The van der Waals surface area contributed by atoms with Crippen molar-refractivity contribution in [2.45, 2.75) is 0 Å². The second-order valence-electron chi connectivity index (χ2n) is 5.97. The number of hydrogen-bond donors (Lipinski definition) is 0. The van der Waals surface area contributed by atoms with E-state index in [1.165, 1.54) is 17.0 Å². The molecule has 5 heteroatoms. The number of rotatable bonds is 3. The summed E-state index contributed by atoms with van der Waals surface area (Å²) in [5, 5.41) is 0. The maximum absolute atomic E-state index is 13.4. The van der Waals surface area contributed by atoms with Gasteiger partial charge in [0.2, 0.25) is 0 Å². The van der Waals surface area contributed by atoms with Crippen LogP contribution in [0.25, 0.3) is 6.08 Å². The lowest BCUT2D eigenvalue weighted by molar-refractivity contribution is -0.113. The van der Waals surface area contributed by atoms with Crippen LogP contribution in [0.1, 0.15) is 11.1 Å². The van der Waals surface area contributed by atoms with Crippen LogP contribution in [-0.2, 0) is 4.79 Å². The Labute approximate surface area is 164 Å². The number of amides is 1. The monoisotopic (exact) mass is 420 g/mol. The van der Waals surface area contributed by atoms with E-state index in [4.69, 9.17) is 0 Å². The van der Waals surface area contributed by atoms with Gasteiger partial charge < -0.3 is 0 Å². The van der Waals surface area contributed by atoms with Gasteiger partial charge in [-0.15, -0.1) is 0 Å². The highest BCUT2D eigenvalue weighted by molar-refractivity contribution is 9.10. The molecule has 0 aromatic heterocycles. The van der Waals surface area contributed by atoms with E-state index in [0.717, 1.165) is 15.6 Å². The van der Waals surface area contributed by atoms with Crippen molar-refractivity contribution in [2.75, 3.05) is 4.90 Å². The number of amidine groups is 1. The van der Waals surface area contributed by atoms with Crippen molar-refractivity contribution in [1.29, 1.82) is 0 Å². The van der Waals surface area contributed by atoms with Crippen LogP contribution in [-0.4, -0.2) is 11.7 Å². The molecule has 0 atom stereocenters. The predicted molar refractivity (Wildman–Crippen MR) is 109 cm³/mol. The third-order valence-corrected chi connectivity index (χ3v) is 4.85. The van der Waals surface area contributed by atoms with Gasteiger partial charge in [-0.2, -0.15) is 0 Å². The number of nitrogens with zero attached hydrogens (tertiary/aromatic N) is 2. The summed E-state index contributed by atoms with van der Waals surface area (Å²) < 4.78 is 14.2. The fourth-order valence-corrected chi connectivity index (χ4v) is 3.34. The number of halogens is 2. The minimum absolute atomic E-state index is 0.254. The zero-order chi connectivity index (χ0) is 18.8. The number of aliphatic imine (C=N–C) groups is 1. The van der Waals surface area contributed by atoms with Crippen LogP contribution >= 0.6 is 15.9 Å². The molecule has 3 nitrogen and oxygen atoms in total. The van der Waals surface area contributed by atoms with Crippen molar-refractivity contribution in [3.8, 4) is 0 Å². The van der Waals surface area contributed by atoms with E-state index >= 15 is 0 Å². The summed E-state index contributed by atoms with van der Waals surface area (Å²) in [5.41, 5.74) is 2.56. The number of carbonyl (C=O) groups excluding carboxylic acids is 1. The average Bonchev–Trinajstić information content (AvgIpc) is 3.00. The first-order valence-corrected chi connectivity index (χ1v) is 9.13. The van der Waals surface area contributed by atoms with Crippen LogP contribution < -0.4 is 4.90 Å². The van der Waals surface area contributed by atoms with Crippen LogP contribution in [0.5, 0.6) is 0 Å². The predicted octanol–water partition coefficient (Wildman–Crippen LogP) is 5.42. The van der Waals surface area contributed by atoms with Crippen molar-refractivity contribution < 1.29 is 9.18 Å². The Balaban J connectivity index is 1.85. The summed E-state index contributed by atoms with van der Waals surface area (Å²) in [7, 11) is 0. The van der Waals surface area contributed by atoms with Gasteiger partial charge in [0.25, 0.3) is 5.91 Å². The first-order chi connectivity index (χ1) is 13.1. The summed E-state index contributed by atoms with van der Waals surface area (Å²) in [5.74, 6) is -0.109. The lowest BCUT2D eigenvalue weighted by Gasteiger charge is -2.19. The standard InChI is InChI=1S/C22H14BrFN2O/c23-19-9-5-4-8-18(19)21-25-20(14-15-6-2-1-3-7-15)22(27)26(21)17-12-10-16(24)11-13-17/h1-14H/b20-14+. The number of hydrogen-bond acceptors (Lipinski definition) is 2. The zero-order valence-corrected chi connectivity index (χ0v) is 15.7. The Bertz CT molecular complexity index is 1060. The van der Waals surface area contributed by atoms with Gasteiger partial charge in [0.05, 0.1) is 5.69 Å². The smallest absolute Gasteiger partial charge is 0.266 e. The van der Waals surface area contributed by atoms with Gasteiger partial charge >= 0.3 is 0 Å². The second kappa shape index (κ2) is 7.29. The average molecular weight is 421 g/mol. The molecular weight excluding hydrogens is 407 g/mol. The fourth-order valence-electron chi connectivity index (χ4n) is 2.88. The Morgan fingerprint density at radius 1 is 0.889 bits per heavy atom. The Morgan fingerprint density at radius 2 is 1.56 bits per heavy atom. The highest BCUT2D eigenvalue weighted by Crippen LogP contribution is 2.30. The number of benzene rings is 3. The summed E-state index contributed by atoms with van der Waals surface area (Å²) in [6.45, 7) is 0. The minimum Gasteiger partial charge on any atom is -0.266 e. The first-order valence-electron chi connectivity index (χ1n) is 8.34. The molecule has 3 aromatic rings. The summed E-state index contributed by atoms with van der Waals surface area (Å²) >= 11 is 3.53. The second-order valence-corrected chi connectivity index (χ2v) is 6.83. The summed E-state index contributed by atoms with van der Waals surface area (Å²) in [6.07, 6.45) is 1.75. The van der Waals surface area contributed by atoms with Gasteiger partial charge in [0.1, 0.15) is 17.3 Å². The molecule has 1 amide bonds. The van der Waals surface area contributed by atoms with Crippen molar-refractivity contribution in [3.05, 3.63) is 106 Å². The highest BCUT2D eigenvalue weighted by Gasteiger charge is 2.33. The lowest BCUT2D eigenvalue weighted by atomic mass is 10.1. The third-order valence-electron chi connectivity index (χ3n) is 4.16. The van der Waals surface area contributed by atoms with Gasteiger partial charge in [0.15, 0.2) is 0 Å². The van der Waals surface area contributed by atoms with E-state index in [1.54, 1.807) is 18.2 Å². The molecule has 0 saturated carbocycles. The van der Waals surface area contributed by atoms with Crippen LogP contribution in [0.2, 0.25) is 0 Å². The van der Waals surface area contributed by atoms with Crippen LogP contribution in [0.4, 0.5) is 10.1 Å². The van der Waals surface area contributed by atoms with E-state index in [2.05, 4.69) is 20.9 Å². The van der Waals surface area contributed by atoms with Crippen LogP contribution in [0.3, 0.4) is 0 Å². The molecule has 0 saturated heterocycles. The van der Waals surface area contributed by atoms with E-state index in [1.807, 2.05) is 54.6 Å². The van der Waals surface area contributed by atoms with Crippen LogP contribution in [0, 0.1) is 5.82 Å². The molecule has 0 radical (unpaired) electrons. The fraction of sp³-hybridized carbons (Fsp3) is 0. The van der Waals surface area contributed by atoms with Gasteiger partial charge in [-0.25, -0.2) is 9.38 Å². The van der Waals surface area contributed by atoms with E-state index in [-0.39, 0.29) is 11.7 Å². The molecule has 132 valence electrons. The van der Waals surface area contributed by atoms with Crippen molar-refractivity contribution in [3.63, 3.8) is 0 Å². The van der Waals surface area contributed by atoms with Crippen molar-refractivity contribution in [1.82, 2.24) is 0 Å². The number of anilines is 1. The van der Waals surface area contributed by atoms with Crippen LogP contribution in [0.15, 0.2) is 94.0 Å². The topological polar surface area (TPSA) is 32.7 Å². The lowest BCUT2D eigenvalue weighted by Crippen LogP contribution is -2.32. The molecule has 1 heterocycles. The molecule has 1 aliphatic rings. The Kier molecular flexibility index (Phi) is 4.69. The van der Waals surface area contributed by atoms with Crippen molar-refractivity contribution >= 4 is 39.4 Å². The Hall–Kier alpha value is -3.05. The SMILES string of the molecule is O=C1/C(=C\c2ccccc2)N=C(c2ccccc2Br)N1c1ccc(F)cc1. The molecule has 1 aliphatic heterocycles. The summed E-state index contributed by atoms with van der Waals surface area (Å²) in [4.78, 5) is 19.2. The maximum Gasteiger partial charge on any atom is 0.282 e. The first kappa shape index (κ1) is 17.4. The van der Waals surface area contributed by atoms with Gasteiger partial charge in [-0.05, 0) is 42.0 Å². The molecule has 4 rings (SSSR count). The molecule has 3 aromatic carbocycles. The van der Waals surface area contributed by atoms with Gasteiger partial charge in [0, 0.05) is 10.0 Å². The molecule has 0 unspecified atom stereocenters. The largest absolute Gasteiger partial charge is 0.282 e. The molecule has 0 aliphatic carbocycles. The third kappa shape index (κ3) is 3.46. The number of carbonyl (C=O) groups is 1. The quantitative estimate of drug-likeness (QED) is 0.520. The summed E-state index contributed by atoms with van der Waals surface area (Å²) in [6, 6.07) is 22.9. The zero-order valence-electron chi connectivity index (χ0n) is 14.1.